The van der Waals surface area contributed by atoms with Crippen molar-refractivity contribution in [2.75, 3.05) is 6.61 Å². The molecule has 0 radical (unpaired) electrons. The van der Waals surface area contributed by atoms with Crippen LogP contribution in [0.4, 0.5) is 0 Å². The molecule has 0 spiro atoms. The summed E-state index contributed by atoms with van der Waals surface area (Å²) in [5.41, 5.74) is 2.18. The highest BCUT2D eigenvalue weighted by molar-refractivity contribution is 5.99. The number of aliphatic hydroxyl groups excluding tert-OH is 1. The number of nitrogens with zero attached hydrogens (tertiary/aromatic N) is 2. The van der Waals surface area contributed by atoms with Crippen LogP contribution in [0.2, 0.25) is 0 Å². The molecule has 1 atom stereocenters. The van der Waals surface area contributed by atoms with Gasteiger partial charge in [0.1, 0.15) is 5.69 Å². The van der Waals surface area contributed by atoms with Crippen molar-refractivity contribution in [2.45, 2.75) is 25.8 Å². The van der Waals surface area contributed by atoms with E-state index >= 15 is 0 Å². The van der Waals surface area contributed by atoms with Crippen molar-refractivity contribution in [3.8, 4) is 11.3 Å². The highest BCUT2D eigenvalue weighted by Gasteiger charge is 2.18. The van der Waals surface area contributed by atoms with Gasteiger partial charge in [-0.05, 0) is 19.8 Å². The van der Waals surface area contributed by atoms with E-state index < -0.39 is 0 Å². The Morgan fingerprint density at radius 3 is 2.76 bits per heavy atom. The Morgan fingerprint density at radius 1 is 1.38 bits per heavy atom. The Morgan fingerprint density at radius 2 is 2.10 bits per heavy atom. The minimum Gasteiger partial charge on any atom is -0.396 e. The smallest absolute Gasteiger partial charge is 0.255 e. The molecule has 1 amide bonds. The Labute approximate surface area is 124 Å². The van der Waals surface area contributed by atoms with E-state index in [-0.39, 0.29) is 18.6 Å². The van der Waals surface area contributed by atoms with Crippen LogP contribution in [0.15, 0.2) is 36.5 Å². The lowest BCUT2D eigenvalue weighted by Crippen LogP contribution is -2.32. The molecule has 2 rings (SSSR count). The standard InChI is InChI=1S/C16H21N3O2/c1-12(7-6-10-20)17-16(21)14-11-19(2)18-15(14)13-8-4-3-5-9-13/h3-5,8-9,11-12,20H,6-7,10H2,1-2H3,(H,17,21). The van der Waals surface area contributed by atoms with Gasteiger partial charge in [-0.2, -0.15) is 5.10 Å². The number of nitrogens with one attached hydrogen (secondary N) is 1. The van der Waals surface area contributed by atoms with Gasteiger partial charge in [0.05, 0.1) is 5.56 Å². The van der Waals surface area contributed by atoms with Crippen LogP contribution in [-0.4, -0.2) is 33.4 Å². The molecule has 0 aliphatic rings. The van der Waals surface area contributed by atoms with E-state index in [1.54, 1.807) is 17.9 Å². The quantitative estimate of drug-likeness (QED) is 0.853. The predicted molar refractivity (Wildman–Crippen MR) is 81.9 cm³/mol. The second-order valence-electron chi connectivity index (χ2n) is 5.17. The minimum absolute atomic E-state index is 0.0217. The first kappa shape index (κ1) is 15.3. The molecule has 0 aliphatic carbocycles. The number of rotatable bonds is 6. The summed E-state index contributed by atoms with van der Waals surface area (Å²) in [5, 5.41) is 16.2. The summed E-state index contributed by atoms with van der Waals surface area (Å²) < 4.78 is 1.65. The van der Waals surface area contributed by atoms with Gasteiger partial charge in [0.2, 0.25) is 0 Å². The molecule has 0 fully saturated rings. The number of aliphatic hydroxyl groups is 1. The molecule has 5 nitrogen and oxygen atoms in total. The van der Waals surface area contributed by atoms with E-state index in [2.05, 4.69) is 10.4 Å². The minimum atomic E-state index is -0.132. The summed E-state index contributed by atoms with van der Waals surface area (Å²) in [6.45, 7) is 2.08. The lowest BCUT2D eigenvalue weighted by molar-refractivity contribution is 0.0937. The normalized spacial score (nSPS) is 12.1. The first-order chi connectivity index (χ1) is 10.1. The highest BCUT2D eigenvalue weighted by Crippen LogP contribution is 2.21. The molecular weight excluding hydrogens is 266 g/mol. The van der Waals surface area contributed by atoms with Crippen molar-refractivity contribution in [3.63, 3.8) is 0 Å². The molecule has 1 aromatic carbocycles. The van der Waals surface area contributed by atoms with Crippen LogP contribution in [0, 0.1) is 0 Å². The van der Waals surface area contributed by atoms with Gasteiger partial charge < -0.3 is 10.4 Å². The summed E-state index contributed by atoms with van der Waals surface area (Å²) >= 11 is 0. The van der Waals surface area contributed by atoms with Crippen LogP contribution < -0.4 is 5.32 Å². The van der Waals surface area contributed by atoms with Crippen LogP contribution in [-0.2, 0) is 7.05 Å². The molecule has 0 saturated carbocycles. The maximum absolute atomic E-state index is 12.4. The maximum atomic E-state index is 12.4. The topological polar surface area (TPSA) is 67.2 Å². The Kier molecular flexibility index (Phi) is 5.11. The number of aromatic nitrogens is 2. The van der Waals surface area contributed by atoms with Crippen molar-refractivity contribution in [2.24, 2.45) is 7.05 Å². The van der Waals surface area contributed by atoms with E-state index in [4.69, 9.17) is 5.11 Å². The van der Waals surface area contributed by atoms with Crippen molar-refractivity contribution in [1.29, 1.82) is 0 Å². The molecule has 5 heteroatoms. The first-order valence-electron chi connectivity index (χ1n) is 7.12. The van der Waals surface area contributed by atoms with Crippen LogP contribution in [0.3, 0.4) is 0 Å². The van der Waals surface area contributed by atoms with Crippen LogP contribution >= 0.6 is 0 Å². The number of carbonyl (C=O) groups excluding carboxylic acids is 1. The lowest BCUT2D eigenvalue weighted by Gasteiger charge is -2.13. The van der Waals surface area contributed by atoms with Crippen LogP contribution in [0.1, 0.15) is 30.1 Å². The second-order valence-corrected chi connectivity index (χ2v) is 5.17. The predicted octanol–water partition coefficient (Wildman–Crippen LogP) is 1.98. The first-order valence-corrected chi connectivity index (χ1v) is 7.12. The molecule has 112 valence electrons. The van der Waals surface area contributed by atoms with Crippen LogP contribution in [0.5, 0.6) is 0 Å². The molecule has 0 aliphatic heterocycles. The molecule has 2 aromatic rings. The summed E-state index contributed by atoms with van der Waals surface area (Å²) in [5.74, 6) is -0.132. The third-order valence-corrected chi connectivity index (χ3v) is 3.29. The summed E-state index contributed by atoms with van der Waals surface area (Å²) in [6.07, 6.45) is 3.17. The van der Waals surface area contributed by atoms with Gasteiger partial charge in [-0.15, -0.1) is 0 Å². The number of hydrogen-bond acceptors (Lipinski definition) is 3. The number of benzene rings is 1. The van der Waals surface area contributed by atoms with E-state index in [1.165, 1.54) is 0 Å². The lowest BCUT2D eigenvalue weighted by atomic mass is 10.1. The Balaban J connectivity index is 2.18. The monoisotopic (exact) mass is 287 g/mol. The van der Waals surface area contributed by atoms with Crippen LogP contribution in [0.25, 0.3) is 11.3 Å². The van der Waals surface area contributed by atoms with Gasteiger partial charge >= 0.3 is 0 Å². The van der Waals surface area contributed by atoms with E-state index in [9.17, 15) is 4.79 Å². The zero-order valence-electron chi connectivity index (χ0n) is 12.4. The highest BCUT2D eigenvalue weighted by atomic mass is 16.3. The van der Waals surface area contributed by atoms with Crippen molar-refractivity contribution in [1.82, 2.24) is 15.1 Å². The summed E-state index contributed by atoms with van der Waals surface area (Å²) in [4.78, 5) is 12.4. The van der Waals surface area contributed by atoms with Gasteiger partial charge in [-0.1, -0.05) is 30.3 Å². The molecule has 1 heterocycles. The summed E-state index contributed by atoms with van der Waals surface area (Å²) in [6, 6.07) is 9.69. The molecule has 0 bridgehead atoms. The van der Waals surface area contributed by atoms with Gasteiger partial charge in [-0.25, -0.2) is 0 Å². The number of hydrogen-bond donors (Lipinski definition) is 2. The van der Waals surface area contributed by atoms with E-state index in [0.717, 1.165) is 12.0 Å². The Bertz CT molecular complexity index is 593. The third-order valence-electron chi connectivity index (χ3n) is 3.29. The number of aryl methyl sites for hydroxylation is 1. The zero-order chi connectivity index (χ0) is 15.2. The van der Waals surface area contributed by atoms with Gasteiger partial charge in [-0.3, -0.25) is 9.48 Å². The fourth-order valence-corrected chi connectivity index (χ4v) is 2.24. The molecule has 1 unspecified atom stereocenters. The number of amides is 1. The fraction of sp³-hybridized carbons (Fsp3) is 0.375. The van der Waals surface area contributed by atoms with E-state index in [1.807, 2.05) is 37.3 Å². The van der Waals surface area contributed by atoms with Crippen molar-refractivity contribution < 1.29 is 9.90 Å². The molecule has 0 saturated heterocycles. The largest absolute Gasteiger partial charge is 0.396 e. The fourth-order valence-electron chi connectivity index (χ4n) is 2.24. The SMILES string of the molecule is CC(CCCO)NC(=O)c1cn(C)nc1-c1ccccc1. The second kappa shape index (κ2) is 7.04. The maximum Gasteiger partial charge on any atom is 0.255 e. The van der Waals surface area contributed by atoms with Gasteiger partial charge in [0.25, 0.3) is 5.91 Å². The molecule has 2 N–H and O–H groups in total. The molecule has 1 aromatic heterocycles. The van der Waals surface area contributed by atoms with Crippen molar-refractivity contribution >= 4 is 5.91 Å². The van der Waals surface area contributed by atoms with Gasteiger partial charge in [0, 0.05) is 31.5 Å². The molecule has 21 heavy (non-hydrogen) atoms. The van der Waals surface area contributed by atoms with Gasteiger partial charge in [0.15, 0.2) is 0 Å². The summed E-state index contributed by atoms with van der Waals surface area (Å²) in [7, 11) is 1.80. The zero-order valence-corrected chi connectivity index (χ0v) is 12.4. The average molecular weight is 287 g/mol. The number of carbonyl (C=O) groups is 1. The molecular formula is C16H21N3O2. The van der Waals surface area contributed by atoms with E-state index in [0.29, 0.717) is 17.7 Å². The average Bonchev–Trinajstić information content (AvgIpc) is 2.88. The third kappa shape index (κ3) is 3.92. The Hall–Kier alpha value is -2.14. The van der Waals surface area contributed by atoms with Crippen molar-refractivity contribution in [3.05, 3.63) is 42.1 Å².